The van der Waals surface area contributed by atoms with Crippen LogP contribution in [0.2, 0.25) is 0 Å². The Balaban J connectivity index is 2.21. The highest BCUT2D eigenvalue weighted by Gasteiger charge is 2.20. The lowest BCUT2D eigenvalue weighted by Crippen LogP contribution is -2.27. The first kappa shape index (κ1) is 14.6. The average Bonchev–Trinajstić information content (AvgIpc) is 2.73. The molecule has 1 aromatic carbocycles. The van der Waals surface area contributed by atoms with Gasteiger partial charge in [0.1, 0.15) is 16.9 Å². The van der Waals surface area contributed by atoms with E-state index in [1.54, 1.807) is 12.1 Å². The molecule has 2 aromatic rings. The zero-order valence-corrected chi connectivity index (χ0v) is 12.1. The van der Waals surface area contributed by atoms with Crippen LogP contribution in [0.15, 0.2) is 28.7 Å². The van der Waals surface area contributed by atoms with Crippen molar-refractivity contribution in [3.63, 3.8) is 0 Å². The molecule has 0 spiro atoms. The number of para-hydroxylation sites is 1. The van der Waals surface area contributed by atoms with Crippen molar-refractivity contribution in [1.82, 2.24) is 5.32 Å². The highest BCUT2D eigenvalue weighted by Crippen LogP contribution is 2.26. The first-order valence-electron chi connectivity index (χ1n) is 6.96. The molecule has 2 rings (SSSR count). The number of nitrogens with one attached hydrogen (secondary N) is 1. The fourth-order valence-corrected chi connectivity index (χ4v) is 2.51. The Morgan fingerprint density at radius 2 is 2.00 bits per heavy atom. The predicted molar refractivity (Wildman–Crippen MR) is 78.9 cm³/mol. The van der Waals surface area contributed by atoms with Crippen LogP contribution >= 0.6 is 0 Å². The molecule has 20 heavy (non-hydrogen) atoms. The Bertz CT molecular complexity index is 601. The standard InChI is InChI=1S/C16H21NO3/c1-10(2)8-11(3)17-9-14-15(16(18)19)12-6-4-5-7-13(12)20-14/h4-7,10-11,17H,8-9H2,1-3H3,(H,18,19). The van der Waals surface area contributed by atoms with Crippen molar-refractivity contribution >= 4 is 16.9 Å². The minimum Gasteiger partial charge on any atom is -0.478 e. The van der Waals surface area contributed by atoms with Gasteiger partial charge in [-0.1, -0.05) is 32.0 Å². The maximum atomic E-state index is 11.4. The van der Waals surface area contributed by atoms with Crippen molar-refractivity contribution in [2.45, 2.75) is 39.8 Å². The Kier molecular flexibility index (Phi) is 4.45. The topological polar surface area (TPSA) is 62.5 Å². The van der Waals surface area contributed by atoms with Gasteiger partial charge in [-0.15, -0.1) is 0 Å². The maximum absolute atomic E-state index is 11.4. The molecule has 0 aliphatic carbocycles. The van der Waals surface area contributed by atoms with E-state index in [0.29, 0.717) is 35.2 Å². The van der Waals surface area contributed by atoms with Crippen LogP contribution in [0.3, 0.4) is 0 Å². The Hall–Kier alpha value is -1.81. The maximum Gasteiger partial charge on any atom is 0.339 e. The summed E-state index contributed by atoms with van der Waals surface area (Å²) < 4.78 is 5.67. The molecule has 1 heterocycles. The molecular weight excluding hydrogens is 254 g/mol. The van der Waals surface area contributed by atoms with Gasteiger partial charge >= 0.3 is 5.97 Å². The molecule has 0 amide bonds. The zero-order chi connectivity index (χ0) is 14.7. The van der Waals surface area contributed by atoms with Gasteiger partial charge in [-0.25, -0.2) is 4.79 Å². The third kappa shape index (κ3) is 3.20. The summed E-state index contributed by atoms with van der Waals surface area (Å²) in [6, 6.07) is 7.57. The molecule has 1 aromatic heterocycles. The van der Waals surface area contributed by atoms with E-state index in [0.717, 1.165) is 6.42 Å². The average molecular weight is 275 g/mol. The molecule has 108 valence electrons. The van der Waals surface area contributed by atoms with Gasteiger partial charge in [-0.3, -0.25) is 0 Å². The van der Waals surface area contributed by atoms with Gasteiger partial charge in [0.05, 0.1) is 6.54 Å². The minimum absolute atomic E-state index is 0.268. The van der Waals surface area contributed by atoms with Crippen LogP contribution in [0.1, 0.15) is 43.3 Å². The fourth-order valence-electron chi connectivity index (χ4n) is 2.51. The van der Waals surface area contributed by atoms with E-state index in [4.69, 9.17) is 4.42 Å². The lowest BCUT2D eigenvalue weighted by atomic mass is 10.1. The zero-order valence-electron chi connectivity index (χ0n) is 12.1. The summed E-state index contributed by atoms with van der Waals surface area (Å²) in [5.41, 5.74) is 0.892. The molecule has 0 aliphatic heterocycles. The van der Waals surface area contributed by atoms with Crippen molar-refractivity contribution in [3.05, 3.63) is 35.6 Å². The third-order valence-electron chi connectivity index (χ3n) is 3.32. The number of fused-ring (bicyclic) bond motifs is 1. The minimum atomic E-state index is -0.941. The molecule has 1 unspecified atom stereocenters. The van der Waals surface area contributed by atoms with Crippen molar-refractivity contribution < 1.29 is 14.3 Å². The number of hydrogen-bond acceptors (Lipinski definition) is 3. The van der Waals surface area contributed by atoms with E-state index in [1.807, 2.05) is 12.1 Å². The molecule has 4 heteroatoms. The van der Waals surface area contributed by atoms with Crippen LogP contribution < -0.4 is 5.32 Å². The largest absolute Gasteiger partial charge is 0.478 e. The number of furan rings is 1. The fraction of sp³-hybridized carbons (Fsp3) is 0.438. The Morgan fingerprint density at radius 1 is 1.30 bits per heavy atom. The number of aromatic carboxylic acids is 1. The Morgan fingerprint density at radius 3 is 2.65 bits per heavy atom. The van der Waals surface area contributed by atoms with Crippen LogP contribution in [0.5, 0.6) is 0 Å². The third-order valence-corrected chi connectivity index (χ3v) is 3.32. The molecule has 2 N–H and O–H groups in total. The van der Waals surface area contributed by atoms with Crippen molar-refractivity contribution in [1.29, 1.82) is 0 Å². The number of hydrogen-bond donors (Lipinski definition) is 2. The number of carbonyl (C=O) groups is 1. The molecule has 1 atom stereocenters. The lowest BCUT2D eigenvalue weighted by Gasteiger charge is -2.15. The second-order valence-corrected chi connectivity index (χ2v) is 5.61. The predicted octanol–water partition coefficient (Wildman–Crippen LogP) is 3.66. The smallest absolute Gasteiger partial charge is 0.339 e. The van der Waals surface area contributed by atoms with E-state index in [-0.39, 0.29) is 5.56 Å². The first-order chi connectivity index (χ1) is 9.49. The molecule has 0 fully saturated rings. The summed E-state index contributed by atoms with van der Waals surface area (Å²) in [4.78, 5) is 11.4. The highest BCUT2D eigenvalue weighted by molar-refractivity contribution is 6.03. The van der Waals surface area contributed by atoms with Gasteiger partial charge in [-0.05, 0) is 25.3 Å². The lowest BCUT2D eigenvalue weighted by molar-refractivity contribution is 0.0696. The van der Waals surface area contributed by atoms with E-state index in [1.165, 1.54) is 0 Å². The number of benzene rings is 1. The van der Waals surface area contributed by atoms with Crippen LogP contribution in [0.4, 0.5) is 0 Å². The van der Waals surface area contributed by atoms with Crippen molar-refractivity contribution in [2.75, 3.05) is 0 Å². The van der Waals surface area contributed by atoms with Crippen molar-refractivity contribution in [2.24, 2.45) is 5.92 Å². The quantitative estimate of drug-likeness (QED) is 0.844. The molecule has 4 nitrogen and oxygen atoms in total. The molecule has 0 saturated carbocycles. The molecule has 0 saturated heterocycles. The monoisotopic (exact) mass is 275 g/mol. The van der Waals surface area contributed by atoms with E-state index in [9.17, 15) is 9.90 Å². The summed E-state index contributed by atoms with van der Waals surface area (Å²) in [6.07, 6.45) is 1.04. The van der Waals surface area contributed by atoms with Gasteiger partial charge in [0.25, 0.3) is 0 Å². The molecule has 0 aliphatic rings. The van der Waals surface area contributed by atoms with E-state index < -0.39 is 5.97 Å². The summed E-state index contributed by atoms with van der Waals surface area (Å²) >= 11 is 0. The van der Waals surface area contributed by atoms with E-state index in [2.05, 4.69) is 26.1 Å². The summed E-state index contributed by atoms with van der Waals surface area (Å²) in [5.74, 6) is 0.157. The van der Waals surface area contributed by atoms with Crippen LogP contribution in [0.25, 0.3) is 11.0 Å². The molecule has 0 radical (unpaired) electrons. The van der Waals surface area contributed by atoms with Crippen molar-refractivity contribution in [3.8, 4) is 0 Å². The highest BCUT2D eigenvalue weighted by atomic mass is 16.4. The van der Waals surface area contributed by atoms with Gasteiger partial charge in [0.2, 0.25) is 0 Å². The van der Waals surface area contributed by atoms with Crippen LogP contribution in [0, 0.1) is 5.92 Å². The second kappa shape index (κ2) is 6.09. The van der Waals surface area contributed by atoms with Gasteiger partial charge in [0.15, 0.2) is 0 Å². The summed E-state index contributed by atoms with van der Waals surface area (Å²) in [5, 5.41) is 13.4. The van der Waals surface area contributed by atoms with Crippen LogP contribution in [-0.4, -0.2) is 17.1 Å². The van der Waals surface area contributed by atoms with E-state index >= 15 is 0 Å². The second-order valence-electron chi connectivity index (χ2n) is 5.61. The van der Waals surface area contributed by atoms with Gasteiger partial charge < -0.3 is 14.8 Å². The Labute approximate surface area is 118 Å². The normalized spacial score (nSPS) is 13.0. The first-order valence-corrected chi connectivity index (χ1v) is 6.96. The van der Waals surface area contributed by atoms with Crippen LogP contribution in [-0.2, 0) is 6.54 Å². The summed E-state index contributed by atoms with van der Waals surface area (Å²) in [7, 11) is 0. The number of carboxylic acids is 1. The number of rotatable bonds is 6. The van der Waals surface area contributed by atoms with Gasteiger partial charge in [0, 0.05) is 11.4 Å². The molecular formula is C16H21NO3. The summed E-state index contributed by atoms with van der Waals surface area (Å²) in [6.45, 7) is 6.87. The SMILES string of the molecule is CC(C)CC(C)NCc1oc2ccccc2c1C(=O)O. The molecule has 0 bridgehead atoms. The number of carboxylic acid groups (broad SMARTS) is 1. The van der Waals surface area contributed by atoms with Gasteiger partial charge in [-0.2, -0.15) is 0 Å².